The third-order valence-electron chi connectivity index (χ3n) is 10.4. The summed E-state index contributed by atoms with van der Waals surface area (Å²) in [5, 5.41) is 20.7. The van der Waals surface area contributed by atoms with Crippen molar-refractivity contribution in [3.8, 4) is 11.5 Å². The summed E-state index contributed by atoms with van der Waals surface area (Å²) in [5.74, 6) is -24.5. The van der Waals surface area contributed by atoms with Gasteiger partial charge in [-0.15, -0.1) is 23.2 Å². The number of ether oxygens (including phenoxy) is 1. The van der Waals surface area contributed by atoms with Crippen molar-refractivity contribution in [2.24, 2.45) is 17.8 Å². The number of amides is 4. The Morgan fingerprint density at radius 1 is 0.868 bits per heavy atom. The number of halogens is 7. The van der Waals surface area contributed by atoms with Crippen molar-refractivity contribution in [2.75, 3.05) is 11.4 Å². The molecule has 53 heavy (non-hydrogen) atoms. The number of likely N-dealkylation sites (tertiary alicyclic amines) is 1. The molecule has 2 N–H and O–H groups in total. The van der Waals surface area contributed by atoms with Crippen molar-refractivity contribution in [3.05, 3.63) is 100 Å². The zero-order chi connectivity index (χ0) is 38.3. The topological polar surface area (TPSA) is 142 Å². The Labute approximate surface area is 306 Å². The van der Waals surface area contributed by atoms with Gasteiger partial charge in [0.25, 0.3) is 11.8 Å². The van der Waals surface area contributed by atoms with Gasteiger partial charge in [-0.1, -0.05) is 48.0 Å². The van der Waals surface area contributed by atoms with Crippen LogP contribution in [0.3, 0.4) is 0 Å². The first-order valence-corrected chi connectivity index (χ1v) is 16.8. The summed E-state index contributed by atoms with van der Waals surface area (Å²) in [5.41, 5.74) is -1.23. The summed E-state index contributed by atoms with van der Waals surface area (Å²) in [6, 6.07) is 12.7. The standard InChI is InChI=1S/C36H25Cl2F5N2O8/c37-35-13-20-17(8-9-19-23(20)32(50)44(31(19)49)11-10-22(47)48)24(18-7-6-16(12-21(18)46)53-14-15-4-2-1-3-5-15)36(35,38)34(52)45(33(35)51)30-28(42)26(40)25(39)27(41)29(30)43/h1-8,12,19-20,23-24,46H,9-11,13-14H2,(H,47,48). The maximum absolute atomic E-state index is 15.2. The molecule has 2 aliphatic carbocycles. The van der Waals surface area contributed by atoms with Gasteiger partial charge in [0, 0.05) is 24.1 Å². The number of nitrogens with zero attached hydrogens (tertiary/aromatic N) is 2. The van der Waals surface area contributed by atoms with E-state index >= 15 is 8.78 Å². The van der Waals surface area contributed by atoms with E-state index in [1.807, 2.05) is 0 Å². The van der Waals surface area contributed by atoms with Crippen molar-refractivity contribution in [2.45, 2.75) is 41.5 Å². The van der Waals surface area contributed by atoms with E-state index in [0.717, 1.165) is 16.5 Å². The Balaban J connectivity index is 1.38. The minimum absolute atomic E-state index is 0.0714. The number of alkyl halides is 2. The molecular weight excluding hydrogens is 754 g/mol. The summed E-state index contributed by atoms with van der Waals surface area (Å²) in [6.07, 6.45) is -0.0129. The van der Waals surface area contributed by atoms with Crippen LogP contribution in [0.25, 0.3) is 0 Å². The number of hydrogen-bond acceptors (Lipinski definition) is 7. The summed E-state index contributed by atoms with van der Waals surface area (Å²) >= 11 is 14.2. The van der Waals surface area contributed by atoms with Gasteiger partial charge in [-0.25, -0.2) is 26.9 Å². The molecule has 6 atom stereocenters. The van der Waals surface area contributed by atoms with Crippen LogP contribution in [-0.2, 0) is 30.6 Å². The Kier molecular flexibility index (Phi) is 8.80. The van der Waals surface area contributed by atoms with Gasteiger partial charge >= 0.3 is 5.97 Å². The zero-order valence-electron chi connectivity index (χ0n) is 26.9. The van der Waals surface area contributed by atoms with E-state index in [2.05, 4.69) is 0 Å². The van der Waals surface area contributed by atoms with Crippen molar-refractivity contribution in [1.29, 1.82) is 0 Å². The van der Waals surface area contributed by atoms with Crippen molar-refractivity contribution in [1.82, 2.24) is 4.90 Å². The van der Waals surface area contributed by atoms with E-state index in [1.165, 1.54) is 18.2 Å². The molecule has 17 heteroatoms. The highest BCUT2D eigenvalue weighted by atomic mass is 35.5. The van der Waals surface area contributed by atoms with E-state index in [0.29, 0.717) is 0 Å². The van der Waals surface area contributed by atoms with Gasteiger partial charge in [0.1, 0.15) is 23.8 Å². The molecule has 4 aliphatic rings. The number of fused-ring (bicyclic) bond motifs is 4. The molecule has 4 amide bonds. The average Bonchev–Trinajstić information content (AvgIpc) is 3.46. The van der Waals surface area contributed by atoms with Crippen LogP contribution in [0.1, 0.15) is 36.3 Å². The normalized spacial score (nSPS) is 27.8. The molecule has 276 valence electrons. The maximum atomic E-state index is 15.2. The van der Waals surface area contributed by atoms with E-state index < -0.39 is 123 Å². The SMILES string of the molecule is O=C(O)CCN1C(=O)C2CC=C3C(CC4(Cl)C(=O)N(c5c(F)c(F)c(F)c(F)c5F)C(=O)C4(Cl)C3c3ccc(OCc4ccccc4)cc3O)C2C1=O. The second-order valence-electron chi connectivity index (χ2n) is 13.2. The highest BCUT2D eigenvalue weighted by Gasteiger charge is 2.77. The molecule has 0 spiro atoms. The lowest BCUT2D eigenvalue weighted by Gasteiger charge is -2.50. The fraction of sp³-hybridized carbons (Fsp3) is 0.306. The molecule has 2 heterocycles. The number of rotatable bonds is 8. The Hall–Kier alpha value is -5.02. The Morgan fingerprint density at radius 3 is 2.13 bits per heavy atom. The molecule has 0 aromatic heterocycles. The lowest BCUT2D eigenvalue weighted by atomic mass is 9.56. The maximum Gasteiger partial charge on any atom is 0.305 e. The number of carboxylic acids is 1. The number of anilines is 1. The molecular formula is C36H25Cl2F5N2O8. The molecule has 0 bridgehead atoms. The highest BCUT2D eigenvalue weighted by molar-refractivity contribution is 6.58. The smallest absolute Gasteiger partial charge is 0.305 e. The summed E-state index contributed by atoms with van der Waals surface area (Å²) in [4.78, 5) is 62.0. The number of carboxylic acid groups (broad SMARTS) is 1. The molecule has 1 saturated carbocycles. The lowest BCUT2D eigenvalue weighted by Crippen LogP contribution is -2.60. The molecule has 10 nitrogen and oxygen atoms in total. The van der Waals surface area contributed by atoms with Gasteiger partial charge in [-0.3, -0.25) is 28.9 Å². The number of aliphatic carboxylic acids is 1. The average molecular weight is 779 g/mol. The van der Waals surface area contributed by atoms with E-state index in [1.54, 1.807) is 30.3 Å². The monoisotopic (exact) mass is 778 g/mol. The summed E-state index contributed by atoms with van der Waals surface area (Å²) < 4.78 is 79.2. The molecule has 3 fully saturated rings. The van der Waals surface area contributed by atoms with E-state index in [4.69, 9.17) is 27.9 Å². The number of phenolic OH excluding ortho intramolecular Hbond substituents is 1. The molecule has 0 radical (unpaired) electrons. The number of carbonyl (C=O) groups is 5. The van der Waals surface area contributed by atoms with Crippen LogP contribution in [0.2, 0.25) is 0 Å². The molecule has 6 unspecified atom stereocenters. The minimum atomic E-state index is -2.83. The second kappa shape index (κ2) is 12.8. The van der Waals surface area contributed by atoms with Gasteiger partial charge in [0.2, 0.25) is 17.6 Å². The number of benzene rings is 3. The number of aromatic hydroxyl groups is 1. The lowest BCUT2D eigenvalue weighted by molar-refractivity contribution is -0.142. The van der Waals surface area contributed by atoms with Crippen LogP contribution in [0, 0.1) is 46.8 Å². The number of carbonyl (C=O) groups excluding carboxylic acids is 4. The molecule has 3 aromatic carbocycles. The quantitative estimate of drug-likeness (QED) is 0.0741. The first-order valence-electron chi connectivity index (χ1n) is 16.1. The van der Waals surface area contributed by atoms with Crippen LogP contribution in [0.15, 0.2) is 60.2 Å². The minimum Gasteiger partial charge on any atom is -0.508 e. The van der Waals surface area contributed by atoms with E-state index in [-0.39, 0.29) is 34.8 Å². The highest BCUT2D eigenvalue weighted by Crippen LogP contribution is 2.66. The van der Waals surface area contributed by atoms with Crippen LogP contribution < -0.4 is 9.64 Å². The van der Waals surface area contributed by atoms with Gasteiger partial charge in [-0.05, 0) is 30.4 Å². The molecule has 2 saturated heterocycles. The zero-order valence-corrected chi connectivity index (χ0v) is 28.4. The molecule has 3 aromatic rings. The van der Waals surface area contributed by atoms with Crippen molar-refractivity contribution < 1.29 is 60.9 Å². The number of allylic oxidation sites excluding steroid dienone is 2. The van der Waals surface area contributed by atoms with Gasteiger partial charge in [0.05, 0.1) is 18.3 Å². The fourth-order valence-electron chi connectivity index (χ4n) is 8.00. The van der Waals surface area contributed by atoms with Crippen LogP contribution >= 0.6 is 23.2 Å². The van der Waals surface area contributed by atoms with Crippen LogP contribution in [0.4, 0.5) is 27.6 Å². The van der Waals surface area contributed by atoms with Crippen molar-refractivity contribution >= 4 is 58.5 Å². The Bertz CT molecular complexity index is 2140. The third kappa shape index (κ3) is 5.22. The van der Waals surface area contributed by atoms with Gasteiger partial charge < -0.3 is 14.9 Å². The second-order valence-corrected chi connectivity index (χ2v) is 14.4. The third-order valence-corrected chi connectivity index (χ3v) is 11.8. The molecule has 2 aliphatic heterocycles. The summed E-state index contributed by atoms with van der Waals surface area (Å²) in [6.45, 7) is -0.407. The van der Waals surface area contributed by atoms with Gasteiger partial charge in [0.15, 0.2) is 33.0 Å². The molecule has 7 rings (SSSR count). The first-order chi connectivity index (χ1) is 25.0. The van der Waals surface area contributed by atoms with Crippen molar-refractivity contribution in [3.63, 3.8) is 0 Å². The largest absolute Gasteiger partial charge is 0.508 e. The fourth-order valence-corrected chi connectivity index (χ4v) is 8.93. The van der Waals surface area contributed by atoms with Crippen LogP contribution in [-0.4, -0.2) is 61.0 Å². The van der Waals surface area contributed by atoms with Gasteiger partial charge in [-0.2, -0.15) is 0 Å². The predicted octanol–water partition coefficient (Wildman–Crippen LogP) is 5.70. The number of hydrogen-bond donors (Lipinski definition) is 2. The van der Waals surface area contributed by atoms with Crippen LogP contribution in [0.5, 0.6) is 11.5 Å². The number of imide groups is 2. The Morgan fingerprint density at radius 2 is 1.51 bits per heavy atom. The van der Waals surface area contributed by atoms with E-state index in [9.17, 15) is 47.4 Å². The predicted molar refractivity (Wildman–Crippen MR) is 174 cm³/mol. The first kappa shape index (κ1) is 36.3. The summed E-state index contributed by atoms with van der Waals surface area (Å²) in [7, 11) is 0. The number of phenols is 1.